The lowest BCUT2D eigenvalue weighted by Gasteiger charge is -2.21. The molecule has 0 aliphatic heterocycles. The zero-order valence-electron chi connectivity index (χ0n) is 11.9. The Bertz CT molecular complexity index is 690. The smallest absolute Gasteiger partial charge is 0.124 e. The number of aromatic nitrogens is 2. The number of fused-ring (bicyclic) bond motifs is 1. The second kappa shape index (κ2) is 4.79. The van der Waals surface area contributed by atoms with Crippen LogP contribution >= 0.6 is 11.6 Å². The van der Waals surface area contributed by atoms with E-state index in [9.17, 15) is 5.26 Å². The van der Waals surface area contributed by atoms with Gasteiger partial charge >= 0.3 is 0 Å². The maximum absolute atomic E-state index is 9.21. The third-order valence-corrected chi connectivity index (χ3v) is 4.93. The van der Waals surface area contributed by atoms with Crippen LogP contribution in [0.4, 0.5) is 0 Å². The molecule has 0 radical (unpaired) electrons. The molecule has 1 aliphatic carbocycles. The van der Waals surface area contributed by atoms with Gasteiger partial charge in [-0.05, 0) is 36.3 Å². The molecule has 0 amide bonds. The van der Waals surface area contributed by atoms with E-state index in [1.807, 2.05) is 18.2 Å². The summed E-state index contributed by atoms with van der Waals surface area (Å²) in [5.41, 5.74) is 2.83. The third kappa shape index (κ3) is 1.99. The van der Waals surface area contributed by atoms with Crippen molar-refractivity contribution in [3.05, 3.63) is 29.6 Å². The normalized spacial score (nSPS) is 16.6. The Morgan fingerprint density at radius 3 is 2.75 bits per heavy atom. The summed E-state index contributed by atoms with van der Waals surface area (Å²) in [4.78, 5) is 4.58. The van der Waals surface area contributed by atoms with Crippen molar-refractivity contribution in [1.82, 2.24) is 9.55 Å². The number of rotatable bonds is 4. The molecule has 0 atom stereocenters. The number of nitriles is 1. The molecule has 1 aromatic heterocycles. The van der Waals surface area contributed by atoms with Gasteiger partial charge in [0.2, 0.25) is 0 Å². The summed E-state index contributed by atoms with van der Waals surface area (Å²) in [6, 6.07) is 7.99. The molecule has 3 rings (SSSR count). The van der Waals surface area contributed by atoms with E-state index in [0.717, 1.165) is 23.4 Å². The number of nitrogens with zero attached hydrogens (tertiary/aromatic N) is 3. The monoisotopic (exact) mass is 287 g/mol. The molecule has 1 heterocycles. The van der Waals surface area contributed by atoms with Crippen molar-refractivity contribution < 1.29 is 0 Å². The number of hydrogen-bond acceptors (Lipinski definition) is 2. The minimum Gasteiger partial charge on any atom is -0.326 e. The molecule has 1 aliphatic rings. The highest BCUT2D eigenvalue weighted by atomic mass is 35.5. The molecule has 1 aromatic carbocycles. The topological polar surface area (TPSA) is 41.6 Å². The maximum atomic E-state index is 9.21. The first kappa shape index (κ1) is 13.5. The molecule has 104 valence electrons. The number of hydrogen-bond donors (Lipinski definition) is 0. The van der Waals surface area contributed by atoms with Crippen molar-refractivity contribution in [2.24, 2.45) is 11.3 Å². The summed E-state index contributed by atoms with van der Waals surface area (Å²) in [6.45, 7) is 5.53. The van der Waals surface area contributed by atoms with Crippen LogP contribution < -0.4 is 0 Å². The predicted octanol–water partition coefficient (Wildman–Crippen LogP) is 4.08. The zero-order chi connectivity index (χ0) is 14.3. The SMILES string of the molecule is CC(C)C1(Cn2c(CCl)nc3c(C#N)cccc32)CC1. The number of alkyl halides is 1. The lowest BCUT2D eigenvalue weighted by Crippen LogP contribution is -2.19. The first-order chi connectivity index (χ1) is 9.61. The Labute approximate surface area is 124 Å². The van der Waals surface area contributed by atoms with Gasteiger partial charge in [0.15, 0.2) is 0 Å². The molecular weight excluding hydrogens is 270 g/mol. The van der Waals surface area contributed by atoms with Crippen LogP contribution in [0, 0.1) is 22.7 Å². The molecule has 0 N–H and O–H groups in total. The Morgan fingerprint density at radius 1 is 1.45 bits per heavy atom. The molecule has 1 saturated carbocycles. The minimum absolute atomic E-state index is 0.383. The molecule has 1 fully saturated rings. The Kier molecular flexibility index (Phi) is 3.22. The van der Waals surface area contributed by atoms with E-state index >= 15 is 0 Å². The van der Waals surface area contributed by atoms with E-state index in [1.165, 1.54) is 12.8 Å². The second-order valence-corrected chi connectivity index (χ2v) is 6.32. The van der Waals surface area contributed by atoms with Gasteiger partial charge in [-0.3, -0.25) is 0 Å². The van der Waals surface area contributed by atoms with Gasteiger partial charge in [0, 0.05) is 6.54 Å². The van der Waals surface area contributed by atoms with Gasteiger partial charge < -0.3 is 4.57 Å². The third-order valence-electron chi connectivity index (χ3n) is 4.69. The van der Waals surface area contributed by atoms with E-state index in [0.29, 0.717) is 22.8 Å². The number of halogens is 1. The number of para-hydroxylation sites is 1. The van der Waals surface area contributed by atoms with Crippen molar-refractivity contribution in [3.63, 3.8) is 0 Å². The largest absolute Gasteiger partial charge is 0.326 e. The van der Waals surface area contributed by atoms with Crippen LogP contribution in [0.15, 0.2) is 18.2 Å². The molecule has 0 unspecified atom stereocenters. The van der Waals surface area contributed by atoms with Crippen molar-refractivity contribution in [2.45, 2.75) is 39.1 Å². The van der Waals surface area contributed by atoms with Gasteiger partial charge in [0.25, 0.3) is 0 Å². The number of benzene rings is 1. The Morgan fingerprint density at radius 2 is 2.20 bits per heavy atom. The van der Waals surface area contributed by atoms with Crippen LogP contribution in [-0.2, 0) is 12.4 Å². The fraction of sp³-hybridized carbons (Fsp3) is 0.500. The van der Waals surface area contributed by atoms with Crippen LogP contribution in [0.2, 0.25) is 0 Å². The van der Waals surface area contributed by atoms with E-state index in [4.69, 9.17) is 11.6 Å². The van der Waals surface area contributed by atoms with Crippen LogP contribution in [0.25, 0.3) is 11.0 Å². The van der Waals surface area contributed by atoms with E-state index in [2.05, 4.69) is 29.5 Å². The van der Waals surface area contributed by atoms with Gasteiger partial charge in [0.1, 0.15) is 17.4 Å². The highest BCUT2D eigenvalue weighted by Gasteiger charge is 2.46. The number of imidazole rings is 1. The fourth-order valence-corrected chi connectivity index (χ4v) is 3.16. The average Bonchev–Trinajstić information content (AvgIpc) is 3.15. The van der Waals surface area contributed by atoms with E-state index < -0.39 is 0 Å². The van der Waals surface area contributed by atoms with Crippen LogP contribution in [0.5, 0.6) is 0 Å². The molecule has 2 aromatic rings. The quantitative estimate of drug-likeness (QED) is 0.795. The van der Waals surface area contributed by atoms with Gasteiger partial charge in [-0.25, -0.2) is 4.98 Å². The average molecular weight is 288 g/mol. The van der Waals surface area contributed by atoms with Gasteiger partial charge in [-0.15, -0.1) is 11.6 Å². The second-order valence-electron chi connectivity index (χ2n) is 6.05. The zero-order valence-corrected chi connectivity index (χ0v) is 12.6. The van der Waals surface area contributed by atoms with Gasteiger partial charge in [-0.1, -0.05) is 19.9 Å². The summed E-state index contributed by atoms with van der Waals surface area (Å²) in [5, 5.41) is 9.21. The Hall–Kier alpha value is -1.53. The molecule has 0 spiro atoms. The molecular formula is C16H18ClN3. The summed E-state index contributed by atoms with van der Waals surface area (Å²) >= 11 is 6.06. The lowest BCUT2D eigenvalue weighted by molar-refractivity contribution is 0.309. The van der Waals surface area contributed by atoms with Crippen LogP contribution in [0.1, 0.15) is 38.1 Å². The van der Waals surface area contributed by atoms with Crippen molar-refractivity contribution in [1.29, 1.82) is 5.26 Å². The lowest BCUT2D eigenvalue weighted by atomic mass is 9.92. The molecule has 3 nitrogen and oxygen atoms in total. The highest BCUT2D eigenvalue weighted by molar-refractivity contribution is 6.16. The maximum Gasteiger partial charge on any atom is 0.124 e. The van der Waals surface area contributed by atoms with E-state index in [1.54, 1.807) is 0 Å². The van der Waals surface area contributed by atoms with Gasteiger partial charge in [0.05, 0.1) is 17.0 Å². The summed E-state index contributed by atoms with van der Waals surface area (Å²) in [6.07, 6.45) is 2.54. The molecule has 20 heavy (non-hydrogen) atoms. The van der Waals surface area contributed by atoms with Crippen LogP contribution in [0.3, 0.4) is 0 Å². The molecule has 0 bridgehead atoms. The van der Waals surface area contributed by atoms with Crippen LogP contribution in [-0.4, -0.2) is 9.55 Å². The standard InChI is InChI=1S/C16H18ClN3/c1-11(2)16(6-7-16)10-20-13-5-3-4-12(9-18)15(13)19-14(20)8-17/h3-5,11H,6-8,10H2,1-2H3. The fourth-order valence-electron chi connectivity index (χ4n) is 2.96. The van der Waals surface area contributed by atoms with Crippen molar-refractivity contribution in [2.75, 3.05) is 0 Å². The predicted molar refractivity (Wildman–Crippen MR) is 80.5 cm³/mol. The molecule has 4 heteroatoms. The first-order valence-electron chi connectivity index (χ1n) is 7.05. The summed E-state index contributed by atoms with van der Waals surface area (Å²) in [7, 11) is 0. The Balaban J connectivity index is 2.12. The molecule has 0 saturated heterocycles. The minimum atomic E-state index is 0.383. The highest BCUT2D eigenvalue weighted by Crippen LogP contribution is 2.53. The first-order valence-corrected chi connectivity index (χ1v) is 7.59. The van der Waals surface area contributed by atoms with Crippen molar-refractivity contribution >= 4 is 22.6 Å². The van der Waals surface area contributed by atoms with Gasteiger partial charge in [-0.2, -0.15) is 5.26 Å². The summed E-state index contributed by atoms with van der Waals surface area (Å²) in [5.74, 6) is 1.91. The summed E-state index contributed by atoms with van der Waals surface area (Å²) < 4.78 is 2.22. The van der Waals surface area contributed by atoms with E-state index in [-0.39, 0.29) is 0 Å². The van der Waals surface area contributed by atoms with Crippen molar-refractivity contribution in [3.8, 4) is 6.07 Å².